The lowest BCUT2D eigenvalue weighted by Gasteiger charge is -2.12. The highest BCUT2D eigenvalue weighted by molar-refractivity contribution is 7.98. The summed E-state index contributed by atoms with van der Waals surface area (Å²) in [5, 5.41) is 4.98. The van der Waals surface area contributed by atoms with Crippen molar-refractivity contribution in [1.29, 1.82) is 0 Å². The molecule has 0 aliphatic heterocycles. The van der Waals surface area contributed by atoms with E-state index in [1.165, 1.54) is 23.9 Å². The Kier molecular flexibility index (Phi) is 6.31. The molecule has 32 heavy (non-hydrogen) atoms. The van der Waals surface area contributed by atoms with Crippen LogP contribution in [0, 0.1) is 0 Å². The molecule has 6 nitrogen and oxygen atoms in total. The number of unbranched alkanes of at least 4 members (excludes halogenated alkanes) is 1. The van der Waals surface area contributed by atoms with Gasteiger partial charge in [-0.05, 0) is 30.7 Å². The van der Waals surface area contributed by atoms with Crippen LogP contribution in [-0.2, 0) is 18.5 Å². The second-order valence-corrected chi connectivity index (χ2v) is 8.04. The maximum Gasteiger partial charge on any atom is 0.416 e. The third kappa shape index (κ3) is 4.69. The van der Waals surface area contributed by atoms with Crippen molar-refractivity contribution in [2.45, 2.75) is 43.4 Å². The van der Waals surface area contributed by atoms with Crippen LogP contribution < -0.4 is 5.56 Å². The summed E-state index contributed by atoms with van der Waals surface area (Å²) in [5.41, 5.74) is 0.195. The molecule has 2 heterocycles. The summed E-state index contributed by atoms with van der Waals surface area (Å²) >= 11 is 1.30. The maximum atomic E-state index is 12.9. The van der Waals surface area contributed by atoms with Gasteiger partial charge in [-0.2, -0.15) is 18.2 Å². The van der Waals surface area contributed by atoms with Gasteiger partial charge in [0.2, 0.25) is 11.7 Å². The summed E-state index contributed by atoms with van der Waals surface area (Å²) in [6, 6.07) is 11.8. The lowest BCUT2D eigenvalue weighted by Crippen LogP contribution is -2.23. The zero-order valence-corrected chi connectivity index (χ0v) is 17.9. The van der Waals surface area contributed by atoms with E-state index in [-0.39, 0.29) is 23.0 Å². The number of rotatable bonds is 7. The molecule has 2 aromatic heterocycles. The van der Waals surface area contributed by atoms with Gasteiger partial charge in [0.15, 0.2) is 5.16 Å². The van der Waals surface area contributed by atoms with Gasteiger partial charge in [0, 0.05) is 12.1 Å². The molecule has 0 spiro atoms. The molecular formula is C22H19F3N4O2S. The molecule has 0 radical (unpaired) electrons. The number of benzene rings is 2. The molecule has 0 unspecified atom stereocenters. The number of fused-ring (bicyclic) bond motifs is 1. The molecule has 0 bridgehead atoms. The minimum absolute atomic E-state index is 0.0949. The largest absolute Gasteiger partial charge is 0.416 e. The third-order valence-corrected chi connectivity index (χ3v) is 5.79. The highest BCUT2D eigenvalue weighted by Gasteiger charge is 2.30. The van der Waals surface area contributed by atoms with Gasteiger partial charge in [0.25, 0.3) is 5.56 Å². The Morgan fingerprint density at radius 2 is 1.81 bits per heavy atom. The van der Waals surface area contributed by atoms with Crippen molar-refractivity contribution in [3.8, 4) is 11.4 Å². The predicted octanol–water partition coefficient (Wildman–Crippen LogP) is 5.56. The van der Waals surface area contributed by atoms with Gasteiger partial charge in [-0.1, -0.05) is 54.5 Å². The van der Waals surface area contributed by atoms with Crippen LogP contribution in [0.2, 0.25) is 0 Å². The van der Waals surface area contributed by atoms with E-state index in [0.29, 0.717) is 28.2 Å². The van der Waals surface area contributed by atoms with Gasteiger partial charge in [-0.25, -0.2) is 4.98 Å². The molecule has 166 valence electrons. The summed E-state index contributed by atoms with van der Waals surface area (Å²) in [7, 11) is 0. The Hall–Kier alpha value is -3.14. The zero-order chi connectivity index (χ0) is 22.7. The summed E-state index contributed by atoms with van der Waals surface area (Å²) in [5.74, 6) is 0.753. The standard InChI is InChI=1S/C22H19F3N4O2S/c1-2-3-12-29-20(30)16-6-4-5-7-17(16)26-21(29)32-13-18-27-19(28-31-18)14-8-10-15(11-9-14)22(23,24)25/h4-11H,2-3,12-13H2,1H3. The average molecular weight is 460 g/mol. The summed E-state index contributed by atoms with van der Waals surface area (Å²) in [6.07, 6.45) is -2.63. The Labute approximate surface area is 185 Å². The fraction of sp³-hybridized carbons (Fsp3) is 0.273. The first kappa shape index (κ1) is 22.1. The first-order chi connectivity index (χ1) is 15.4. The van der Waals surface area contributed by atoms with E-state index in [1.54, 1.807) is 16.7 Å². The predicted molar refractivity (Wildman–Crippen MR) is 115 cm³/mol. The first-order valence-corrected chi connectivity index (χ1v) is 11.0. The molecule has 4 rings (SSSR count). The maximum absolute atomic E-state index is 12.9. The van der Waals surface area contributed by atoms with Crippen molar-refractivity contribution in [3.05, 3.63) is 70.3 Å². The van der Waals surface area contributed by atoms with E-state index in [4.69, 9.17) is 4.52 Å². The Morgan fingerprint density at radius 1 is 1.06 bits per heavy atom. The summed E-state index contributed by atoms with van der Waals surface area (Å²) in [4.78, 5) is 21.8. The topological polar surface area (TPSA) is 73.8 Å². The van der Waals surface area contributed by atoms with Crippen molar-refractivity contribution in [2.24, 2.45) is 0 Å². The lowest BCUT2D eigenvalue weighted by atomic mass is 10.1. The summed E-state index contributed by atoms with van der Waals surface area (Å²) < 4.78 is 45.1. The Morgan fingerprint density at radius 3 is 2.53 bits per heavy atom. The molecule has 0 N–H and O–H groups in total. The van der Waals surface area contributed by atoms with Crippen LogP contribution in [-0.4, -0.2) is 19.7 Å². The monoisotopic (exact) mass is 460 g/mol. The minimum atomic E-state index is -4.40. The molecule has 2 aromatic carbocycles. The highest BCUT2D eigenvalue weighted by Crippen LogP contribution is 2.30. The Bertz CT molecular complexity index is 1280. The smallest absolute Gasteiger partial charge is 0.338 e. The zero-order valence-electron chi connectivity index (χ0n) is 17.1. The van der Waals surface area contributed by atoms with Gasteiger partial charge in [-0.3, -0.25) is 9.36 Å². The lowest BCUT2D eigenvalue weighted by molar-refractivity contribution is -0.137. The third-order valence-electron chi connectivity index (χ3n) is 4.83. The molecule has 0 saturated heterocycles. The second kappa shape index (κ2) is 9.15. The van der Waals surface area contributed by atoms with Crippen LogP contribution in [0.5, 0.6) is 0 Å². The molecule has 10 heteroatoms. The van der Waals surface area contributed by atoms with Crippen molar-refractivity contribution in [2.75, 3.05) is 0 Å². The van der Waals surface area contributed by atoms with E-state index < -0.39 is 11.7 Å². The fourth-order valence-electron chi connectivity index (χ4n) is 3.14. The SMILES string of the molecule is CCCCn1c(SCc2nc(-c3ccc(C(F)(F)F)cc3)no2)nc2ccccc2c1=O. The number of para-hydroxylation sites is 1. The van der Waals surface area contributed by atoms with E-state index in [1.807, 2.05) is 19.1 Å². The van der Waals surface area contributed by atoms with Gasteiger partial charge < -0.3 is 4.52 Å². The number of thioether (sulfide) groups is 1. The quantitative estimate of drug-likeness (QED) is 0.266. The van der Waals surface area contributed by atoms with E-state index in [2.05, 4.69) is 15.1 Å². The molecule has 0 aliphatic carbocycles. The number of alkyl halides is 3. The van der Waals surface area contributed by atoms with E-state index in [0.717, 1.165) is 25.0 Å². The van der Waals surface area contributed by atoms with Gasteiger partial charge in [0.1, 0.15) is 0 Å². The molecule has 0 saturated carbocycles. The van der Waals surface area contributed by atoms with Crippen LogP contribution >= 0.6 is 11.8 Å². The van der Waals surface area contributed by atoms with E-state index in [9.17, 15) is 18.0 Å². The summed E-state index contributed by atoms with van der Waals surface area (Å²) in [6.45, 7) is 2.60. The fourth-order valence-corrected chi connectivity index (χ4v) is 4.00. The number of hydrogen-bond acceptors (Lipinski definition) is 6. The normalized spacial score (nSPS) is 11.9. The highest BCUT2D eigenvalue weighted by atomic mass is 32.2. The van der Waals surface area contributed by atoms with Crippen LogP contribution in [0.25, 0.3) is 22.3 Å². The molecule has 0 amide bonds. The van der Waals surface area contributed by atoms with Crippen molar-refractivity contribution >= 4 is 22.7 Å². The van der Waals surface area contributed by atoms with Crippen molar-refractivity contribution in [3.63, 3.8) is 0 Å². The van der Waals surface area contributed by atoms with Crippen molar-refractivity contribution in [1.82, 2.24) is 19.7 Å². The average Bonchev–Trinajstić information content (AvgIpc) is 3.26. The molecule has 0 fully saturated rings. The molecule has 4 aromatic rings. The van der Waals surface area contributed by atoms with E-state index >= 15 is 0 Å². The van der Waals surface area contributed by atoms with Crippen LogP contribution in [0.4, 0.5) is 13.2 Å². The molecular weight excluding hydrogens is 441 g/mol. The van der Waals surface area contributed by atoms with Crippen molar-refractivity contribution < 1.29 is 17.7 Å². The molecule has 0 aliphatic rings. The number of hydrogen-bond donors (Lipinski definition) is 0. The van der Waals surface area contributed by atoms with Gasteiger partial charge >= 0.3 is 6.18 Å². The van der Waals surface area contributed by atoms with Crippen LogP contribution in [0.1, 0.15) is 31.2 Å². The second-order valence-electron chi connectivity index (χ2n) is 7.10. The number of aromatic nitrogens is 4. The molecule has 0 atom stereocenters. The number of nitrogens with zero attached hydrogens (tertiary/aromatic N) is 4. The van der Waals surface area contributed by atoms with Crippen LogP contribution in [0.3, 0.4) is 0 Å². The number of halogens is 3. The van der Waals surface area contributed by atoms with Crippen LogP contribution in [0.15, 0.2) is 63.0 Å². The van der Waals surface area contributed by atoms with Gasteiger partial charge in [0.05, 0.1) is 22.2 Å². The minimum Gasteiger partial charge on any atom is -0.338 e. The first-order valence-electron chi connectivity index (χ1n) is 9.99. The Balaban J connectivity index is 1.55. The van der Waals surface area contributed by atoms with Gasteiger partial charge in [-0.15, -0.1) is 0 Å².